The summed E-state index contributed by atoms with van der Waals surface area (Å²) in [7, 11) is 0. The van der Waals surface area contributed by atoms with Crippen LogP contribution in [0.5, 0.6) is 0 Å². The van der Waals surface area contributed by atoms with Crippen LogP contribution < -0.4 is 5.73 Å². The standard InChI is InChI=1S/C15H18FNS/c1-9-4-5-13(16)7-12(9)8-14(17)15-6-10(2)11(3)18-15/h4-7,14H,8,17H2,1-3H3. The number of aryl methyl sites for hydroxylation is 3. The molecule has 1 aromatic heterocycles. The Hall–Kier alpha value is -1.19. The molecule has 0 spiro atoms. The number of thiophene rings is 1. The third-order valence-corrected chi connectivity index (χ3v) is 4.59. The molecule has 96 valence electrons. The van der Waals surface area contributed by atoms with E-state index in [9.17, 15) is 4.39 Å². The average molecular weight is 263 g/mol. The van der Waals surface area contributed by atoms with E-state index in [0.29, 0.717) is 6.42 Å². The summed E-state index contributed by atoms with van der Waals surface area (Å²) >= 11 is 1.73. The van der Waals surface area contributed by atoms with Gasteiger partial charge in [-0.3, -0.25) is 0 Å². The number of nitrogens with two attached hydrogens (primary N) is 1. The van der Waals surface area contributed by atoms with E-state index in [1.165, 1.54) is 21.4 Å². The fraction of sp³-hybridized carbons (Fsp3) is 0.333. The minimum atomic E-state index is -0.193. The molecule has 18 heavy (non-hydrogen) atoms. The molecule has 0 radical (unpaired) electrons. The van der Waals surface area contributed by atoms with Crippen molar-refractivity contribution in [2.45, 2.75) is 33.2 Å². The van der Waals surface area contributed by atoms with Gasteiger partial charge in [0.25, 0.3) is 0 Å². The molecule has 1 unspecified atom stereocenters. The van der Waals surface area contributed by atoms with Gasteiger partial charge in [-0.1, -0.05) is 6.07 Å². The smallest absolute Gasteiger partial charge is 0.123 e. The summed E-state index contributed by atoms with van der Waals surface area (Å²) in [6.07, 6.45) is 0.684. The van der Waals surface area contributed by atoms with E-state index in [-0.39, 0.29) is 11.9 Å². The Morgan fingerprint density at radius 3 is 2.50 bits per heavy atom. The number of rotatable bonds is 3. The summed E-state index contributed by atoms with van der Waals surface area (Å²) in [5, 5.41) is 0. The van der Waals surface area contributed by atoms with Gasteiger partial charge >= 0.3 is 0 Å². The lowest BCUT2D eigenvalue weighted by Gasteiger charge is -2.12. The van der Waals surface area contributed by atoms with Crippen LogP contribution in [-0.4, -0.2) is 0 Å². The first-order valence-corrected chi connectivity index (χ1v) is 6.86. The maximum Gasteiger partial charge on any atom is 0.123 e. The number of halogens is 1. The SMILES string of the molecule is Cc1ccc(F)cc1CC(N)c1cc(C)c(C)s1. The van der Waals surface area contributed by atoms with Crippen LogP contribution >= 0.6 is 11.3 Å². The van der Waals surface area contributed by atoms with Crippen molar-refractivity contribution in [1.29, 1.82) is 0 Å². The van der Waals surface area contributed by atoms with Crippen molar-refractivity contribution in [2.24, 2.45) is 5.73 Å². The van der Waals surface area contributed by atoms with Gasteiger partial charge in [0.2, 0.25) is 0 Å². The third kappa shape index (κ3) is 2.79. The summed E-state index contributed by atoms with van der Waals surface area (Å²) < 4.78 is 13.2. The van der Waals surface area contributed by atoms with E-state index < -0.39 is 0 Å². The minimum absolute atomic E-state index is 0.0529. The van der Waals surface area contributed by atoms with Crippen LogP contribution in [0.1, 0.15) is 32.5 Å². The van der Waals surface area contributed by atoms with Gasteiger partial charge in [0.1, 0.15) is 5.82 Å². The topological polar surface area (TPSA) is 26.0 Å². The Bertz CT molecular complexity index is 540. The number of benzene rings is 1. The highest BCUT2D eigenvalue weighted by Gasteiger charge is 2.12. The van der Waals surface area contributed by atoms with E-state index >= 15 is 0 Å². The molecule has 2 N–H and O–H groups in total. The highest BCUT2D eigenvalue weighted by Crippen LogP contribution is 2.28. The lowest BCUT2D eigenvalue weighted by Crippen LogP contribution is -2.12. The Labute approximate surface area is 111 Å². The third-order valence-electron chi connectivity index (χ3n) is 3.30. The van der Waals surface area contributed by atoms with Crippen molar-refractivity contribution >= 4 is 11.3 Å². The van der Waals surface area contributed by atoms with Crippen LogP contribution in [0.25, 0.3) is 0 Å². The molecule has 0 aliphatic carbocycles. The highest BCUT2D eigenvalue weighted by atomic mass is 32.1. The van der Waals surface area contributed by atoms with Gasteiger partial charge in [-0.15, -0.1) is 11.3 Å². The number of hydrogen-bond acceptors (Lipinski definition) is 2. The molecule has 2 aromatic rings. The van der Waals surface area contributed by atoms with Crippen LogP contribution in [0.4, 0.5) is 4.39 Å². The van der Waals surface area contributed by atoms with Crippen molar-refractivity contribution in [3.8, 4) is 0 Å². The number of hydrogen-bond donors (Lipinski definition) is 1. The van der Waals surface area contributed by atoms with Gasteiger partial charge < -0.3 is 5.73 Å². The molecule has 0 amide bonds. The molecule has 0 saturated carbocycles. The van der Waals surface area contributed by atoms with E-state index in [1.807, 2.05) is 13.0 Å². The molecule has 1 atom stereocenters. The quantitative estimate of drug-likeness (QED) is 0.888. The maximum absolute atomic E-state index is 13.2. The van der Waals surface area contributed by atoms with Gasteiger partial charge in [0.05, 0.1) is 0 Å². The van der Waals surface area contributed by atoms with Crippen LogP contribution in [-0.2, 0) is 6.42 Å². The van der Waals surface area contributed by atoms with Gasteiger partial charge in [0.15, 0.2) is 0 Å². The van der Waals surface area contributed by atoms with E-state index in [2.05, 4.69) is 19.9 Å². The summed E-state index contributed by atoms with van der Waals surface area (Å²) in [5.74, 6) is -0.193. The van der Waals surface area contributed by atoms with Crippen molar-refractivity contribution < 1.29 is 4.39 Å². The lowest BCUT2D eigenvalue weighted by molar-refractivity contribution is 0.621. The van der Waals surface area contributed by atoms with Gasteiger partial charge in [-0.25, -0.2) is 4.39 Å². The molecule has 2 rings (SSSR count). The van der Waals surface area contributed by atoms with E-state index in [0.717, 1.165) is 11.1 Å². The molecule has 0 saturated heterocycles. The first-order chi connectivity index (χ1) is 8.47. The summed E-state index contributed by atoms with van der Waals surface area (Å²) in [6, 6.07) is 6.97. The molecule has 0 aliphatic heterocycles. The van der Waals surface area contributed by atoms with Gasteiger partial charge in [-0.2, -0.15) is 0 Å². The fourth-order valence-corrected chi connectivity index (χ4v) is 3.03. The normalized spacial score (nSPS) is 12.7. The first-order valence-electron chi connectivity index (χ1n) is 6.05. The van der Waals surface area contributed by atoms with Crippen LogP contribution in [0, 0.1) is 26.6 Å². The van der Waals surface area contributed by atoms with Crippen molar-refractivity contribution in [3.05, 3.63) is 56.5 Å². The van der Waals surface area contributed by atoms with Crippen molar-refractivity contribution in [3.63, 3.8) is 0 Å². The van der Waals surface area contributed by atoms with Crippen LogP contribution in [0.2, 0.25) is 0 Å². The molecule has 0 bridgehead atoms. The molecule has 3 heteroatoms. The Balaban J connectivity index is 2.20. The largest absolute Gasteiger partial charge is 0.323 e. The summed E-state index contributed by atoms with van der Waals surface area (Å²) in [6.45, 7) is 6.19. The van der Waals surface area contributed by atoms with Crippen molar-refractivity contribution in [1.82, 2.24) is 0 Å². The molecule has 1 nitrogen and oxygen atoms in total. The summed E-state index contributed by atoms with van der Waals surface area (Å²) in [4.78, 5) is 2.48. The van der Waals surface area contributed by atoms with Gasteiger partial charge in [-0.05, 0) is 62.1 Å². The average Bonchev–Trinajstić information content (AvgIpc) is 2.64. The maximum atomic E-state index is 13.2. The summed E-state index contributed by atoms with van der Waals surface area (Å²) in [5.41, 5.74) is 9.58. The Kier molecular flexibility index (Phi) is 3.83. The zero-order valence-corrected chi connectivity index (χ0v) is 11.8. The molecule has 0 fully saturated rings. The van der Waals surface area contributed by atoms with E-state index in [4.69, 9.17) is 5.73 Å². The Morgan fingerprint density at radius 2 is 1.89 bits per heavy atom. The molecule has 1 heterocycles. The van der Waals surface area contributed by atoms with Crippen molar-refractivity contribution in [2.75, 3.05) is 0 Å². The monoisotopic (exact) mass is 263 g/mol. The predicted octanol–water partition coefficient (Wildman–Crippen LogP) is 4.05. The predicted molar refractivity (Wildman–Crippen MR) is 75.6 cm³/mol. The van der Waals surface area contributed by atoms with E-state index in [1.54, 1.807) is 17.4 Å². The molecular formula is C15H18FNS. The van der Waals surface area contributed by atoms with Crippen LogP contribution in [0.3, 0.4) is 0 Å². The fourth-order valence-electron chi connectivity index (χ4n) is 1.98. The molecular weight excluding hydrogens is 245 g/mol. The van der Waals surface area contributed by atoms with Gasteiger partial charge in [0, 0.05) is 15.8 Å². The highest BCUT2D eigenvalue weighted by molar-refractivity contribution is 7.12. The second kappa shape index (κ2) is 5.21. The second-order valence-electron chi connectivity index (χ2n) is 4.77. The molecule has 1 aromatic carbocycles. The second-order valence-corrected chi connectivity index (χ2v) is 6.06. The zero-order valence-electron chi connectivity index (χ0n) is 11.0. The Morgan fingerprint density at radius 1 is 1.17 bits per heavy atom. The molecule has 0 aliphatic rings. The lowest BCUT2D eigenvalue weighted by atomic mass is 10.0. The zero-order chi connectivity index (χ0) is 13.3. The first kappa shape index (κ1) is 13.2. The minimum Gasteiger partial charge on any atom is -0.323 e. The van der Waals surface area contributed by atoms with Crippen LogP contribution in [0.15, 0.2) is 24.3 Å².